The monoisotopic (exact) mass is 827 g/mol. The molecule has 0 heterocycles. The van der Waals surface area contributed by atoms with Gasteiger partial charge in [0.25, 0.3) is 0 Å². The van der Waals surface area contributed by atoms with Crippen LogP contribution in [0.2, 0.25) is 0 Å². The van der Waals surface area contributed by atoms with Crippen LogP contribution in [0, 0.1) is 16.2 Å². The van der Waals surface area contributed by atoms with Gasteiger partial charge in [0.1, 0.15) is 6.61 Å². The van der Waals surface area contributed by atoms with Crippen LogP contribution in [-0.4, -0.2) is 68.8 Å². The van der Waals surface area contributed by atoms with Gasteiger partial charge in [-0.1, -0.05) is 20.8 Å². The Hall–Kier alpha value is 2.75. The predicted molar refractivity (Wildman–Crippen MR) is 130 cm³/mol. The molecule has 4 radical (unpaired) electrons. The van der Waals surface area contributed by atoms with Crippen LogP contribution in [0.25, 0.3) is 5.73 Å². The Morgan fingerprint density at radius 2 is 1.08 bits per heavy atom. The number of likely N-dealkylation sites (N-methyl/N-ethyl adjacent to an activating group) is 1. The largest absolute Gasteiger partial charge is 0.675 e. The third kappa shape index (κ3) is 19.5. The van der Waals surface area contributed by atoms with E-state index in [1.165, 1.54) is 0 Å². The van der Waals surface area contributed by atoms with Crippen LogP contribution < -0.4 is 0 Å². The average Bonchev–Trinajstić information content (AvgIpc) is 2.73. The van der Waals surface area contributed by atoms with Crippen LogP contribution >= 0.6 is 0 Å². The summed E-state index contributed by atoms with van der Waals surface area (Å²) in [7, 11) is 0. The molecule has 0 amide bonds. The number of hydrogen-bond donors (Lipinski definition) is 0. The molecule has 0 saturated heterocycles. The molecule has 1 N–H and O–H groups in total. The molecule has 0 aliphatic rings. The fourth-order valence-corrected chi connectivity index (χ4v) is 4.22. The van der Waals surface area contributed by atoms with Crippen molar-refractivity contribution < 1.29 is 159 Å². The summed E-state index contributed by atoms with van der Waals surface area (Å²) in [5, 5.41) is 0. The van der Waals surface area contributed by atoms with E-state index in [1.807, 2.05) is 6.92 Å². The van der Waals surface area contributed by atoms with E-state index in [-0.39, 0.29) is 169 Å². The van der Waals surface area contributed by atoms with Gasteiger partial charge in [-0.3, -0.25) is 14.4 Å². The number of carbonyl (C=O) groups excluding carboxylic acids is 3. The number of hydrogen-bond acceptors (Lipinski definition) is 7. The van der Waals surface area contributed by atoms with Crippen LogP contribution in [0.15, 0.2) is 0 Å². The van der Waals surface area contributed by atoms with E-state index in [4.69, 9.17) is 19.9 Å². The van der Waals surface area contributed by atoms with Gasteiger partial charge in [-0.2, -0.15) is 0 Å². The van der Waals surface area contributed by atoms with Crippen LogP contribution in [0.3, 0.4) is 0 Å². The molecule has 0 aliphatic carbocycles. The SMILES string of the molecule is CCCOC(=O)C(C)(C)CC(C)(CC(C)(C)C(=O)OCC[NH-])C(=O)OCCN(CC)CCC.[Y].[Y].[Y].[Y]. The van der Waals surface area contributed by atoms with Crippen LogP contribution in [0.4, 0.5) is 0 Å². The summed E-state index contributed by atoms with van der Waals surface area (Å²) in [4.78, 5) is 40.9. The molecule has 0 spiro atoms. The van der Waals surface area contributed by atoms with E-state index in [0.717, 1.165) is 19.5 Å². The van der Waals surface area contributed by atoms with Crippen molar-refractivity contribution in [3.63, 3.8) is 0 Å². The first-order valence-electron chi connectivity index (χ1n) is 12.2. The topological polar surface area (TPSA) is 106 Å². The zero-order valence-electron chi connectivity index (χ0n) is 24.5. The van der Waals surface area contributed by atoms with Crippen LogP contribution in [-0.2, 0) is 159 Å². The zero-order valence-corrected chi connectivity index (χ0v) is 35.8. The molecule has 0 fully saturated rings. The number of nitrogens with zero attached hydrogens (tertiary/aromatic N) is 1. The standard InChI is InChI=1S/C25H47N2O6.4Y/c1-9-13-27(11-3)14-17-33-22(30)25(8,18-23(4,5)20(28)31-15-10-2)19-24(6,7)21(29)32-16-12-26;;;;/h26H,9-19H2,1-8H3;;;;/q-1;;;;. The van der Waals surface area contributed by atoms with E-state index in [9.17, 15) is 14.4 Å². The van der Waals surface area contributed by atoms with Crippen molar-refractivity contribution in [1.29, 1.82) is 0 Å². The minimum atomic E-state index is -1.11. The summed E-state index contributed by atoms with van der Waals surface area (Å²) in [5.41, 5.74) is 4.17. The molecule has 0 bridgehead atoms. The Labute approximate surface area is 326 Å². The van der Waals surface area contributed by atoms with Gasteiger partial charge in [0.2, 0.25) is 0 Å². The zero-order chi connectivity index (χ0) is 25.7. The van der Waals surface area contributed by atoms with E-state index in [1.54, 1.807) is 34.6 Å². The second kappa shape index (κ2) is 25.3. The molecule has 1 unspecified atom stereocenters. The molecular weight excluding hydrogens is 780 g/mol. The number of rotatable bonds is 17. The summed E-state index contributed by atoms with van der Waals surface area (Å²) >= 11 is 0. The first-order valence-corrected chi connectivity index (χ1v) is 12.2. The quantitative estimate of drug-likeness (QED) is 0.156. The van der Waals surface area contributed by atoms with Crippen LogP contribution in [0.5, 0.6) is 0 Å². The molecule has 0 aromatic heterocycles. The number of nitrogens with one attached hydrogen (secondary N) is 1. The normalized spacial score (nSPS) is 12.5. The van der Waals surface area contributed by atoms with Crippen molar-refractivity contribution in [2.75, 3.05) is 46.0 Å². The van der Waals surface area contributed by atoms with E-state index in [0.29, 0.717) is 19.6 Å². The Bertz CT molecular complexity index is 602. The molecule has 206 valence electrons. The van der Waals surface area contributed by atoms with Gasteiger partial charge in [-0.15, -0.1) is 6.54 Å². The van der Waals surface area contributed by atoms with Crippen molar-refractivity contribution in [3.8, 4) is 0 Å². The number of esters is 3. The van der Waals surface area contributed by atoms with Gasteiger partial charge in [0.05, 0.1) is 29.5 Å². The van der Waals surface area contributed by atoms with E-state index < -0.39 is 28.2 Å². The van der Waals surface area contributed by atoms with Gasteiger partial charge in [-0.25, -0.2) is 0 Å². The van der Waals surface area contributed by atoms with Gasteiger partial charge < -0.3 is 24.8 Å². The maximum Gasteiger partial charge on any atom is 0.311 e. The maximum absolute atomic E-state index is 13.3. The number of carbonyl (C=O) groups is 3. The van der Waals surface area contributed by atoms with Crippen molar-refractivity contribution in [3.05, 3.63) is 5.73 Å². The molecule has 8 nitrogen and oxygen atoms in total. The fraction of sp³-hybridized carbons (Fsp3) is 0.880. The van der Waals surface area contributed by atoms with Crippen molar-refractivity contribution >= 4 is 17.9 Å². The van der Waals surface area contributed by atoms with Crippen LogP contribution in [0.1, 0.15) is 81.1 Å². The molecule has 0 aromatic rings. The van der Waals surface area contributed by atoms with Gasteiger partial charge in [-0.05, 0) is 73.4 Å². The molecule has 37 heavy (non-hydrogen) atoms. The molecular formula is C25H47N2O6Y4-. The Kier molecular flexibility index (Phi) is 33.7. The second-order valence-electron chi connectivity index (χ2n) is 10.3. The Morgan fingerprint density at radius 1 is 0.649 bits per heavy atom. The molecule has 0 aromatic carbocycles. The Balaban J connectivity index is -0.000000853. The minimum Gasteiger partial charge on any atom is -0.675 e. The molecule has 0 aliphatic heterocycles. The first-order chi connectivity index (χ1) is 15.3. The van der Waals surface area contributed by atoms with Gasteiger partial charge in [0.15, 0.2) is 0 Å². The summed E-state index contributed by atoms with van der Waals surface area (Å²) in [6, 6.07) is 0. The fourth-order valence-electron chi connectivity index (χ4n) is 4.22. The van der Waals surface area contributed by atoms with E-state index in [2.05, 4.69) is 18.7 Å². The third-order valence-corrected chi connectivity index (χ3v) is 5.66. The molecule has 1 atom stereocenters. The molecule has 0 saturated carbocycles. The van der Waals surface area contributed by atoms with Gasteiger partial charge in [0, 0.05) is 137 Å². The number of ether oxygens (including phenoxy) is 3. The van der Waals surface area contributed by atoms with Crippen molar-refractivity contribution in [2.24, 2.45) is 16.2 Å². The van der Waals surface area contributed by atoms with Gasteiger partial charge >= 0.3 is 17.9 Å². The average molecular weight is 827 g/mol. The summed E-state index contributed by atoms with van der Waals surface area (Å²) < 4.78 is 16.2. The predicted octanol–water partition coefficient (Wildman–Crippen LogP) is 4.64. The Morgan fingerprint density at radius 3 is 1.46 bits per heavy atom. The summed E-state index contributed by atoms with van der Waals surface area (Å²) in [6.45, 7) is 17.7. The molecule has 12 heteroatoms. The second-order valence-corrected chi connectivity index (χ2v) is 10.3. The van der Waals surface area contributed by atoms with Crippen molar-refractivity contribution in [1.82, 2.24) is 4.90 Å². The maximum atomic E-state index is 13.3. The van der Waals surface area contributed by atoms with Crippen molar-refractivity contribution in [2.45, 2.75) is 81.1 Å². The third-order valence-electron chi connectivity index (χ3n) is 5.66. The van der Waals surface area contributed by atoms with E-state index >= 15 is 0 Å². The first kappa shape index (κ1) is 49.4. The molecule has 0 rings (SSSR count). The summed E-state index contributed by atoms with van der Waals surface area (Å²) in [5.74, 6) is -1.29. The summed E-state index contributed by atoms with van der Waals surface area (Å²) in [6.07, 6.45) is 2.04. The minimum absolute atomic E-state index is 0. The smallest absolute Gasteiger partial charge is 0.311 e.